The number of phenolic OH excluding ortho intramolecular Hbond substituents is 1. The second-order valence-electron chi connectivity index (χ2n) is 6.52. The zero-order chi connectivity index (χ0) is 20.7. The normalized spacial score (nSPS) is 11.3. The van der Waals surface area contributed by atoms with Crippen molar-refractivity contribution in [2.75, 3.05) is 0 Å². The van der Waals surface area contributed by atoms with Crippen LogP contribution in [-0.2, 0) is 16.8 Å². The van der Waals surface area contributed by atoms with Crippen molar-refractivity contribution >= 4 is 12.1 Å². The summed E-state index contributed by atoms with van der Waals surface area (Å²) in [5.41, 5.74) is 2.84. The van der Waals surface area contributed by atoms with Crippen molar-refractivity contribution in [2.45, 2.75) is 12.0 Å². The molecule has 0 aromatic heterocycles. The van der Waals surface area contributed by atoms with E-state index < -0.39 is 11.5 Å². The third kappa shape index (κ3) is 4.42. The molecule has 0 spiro atoms. The molecular weight excluding hydrogens is 364 g/mol. The van der Waals surface area contributed by atoms with Gasteiger partial charge in [-0.05, 0) is 46.9 Å². The van der Waals surface area contributed by atoms with Gasteiger partial charge < -0.3 is 10.2 Å². The molecule has 0 radical (unpaired) electrons. The summed E-state index contributed by atoms with van der Waals surface area (Å²) >= 11 is 0. The molecule has 0 atom stereocenters. The highest BCUT2D eigenvalue weighted by Crippen LogP contribution is 2.29. The zero-order valence-electron chi connectivity index (χ0n) is 15.8. The lowest BCUT2D eigenvalue weighted by Crippen LogP contribution is -2.43. The molecule has 0 aliphatic heterocycles. The standard InChI is InChI=1S/C24H22N2O3/c1-2-9-19-16-18(14-15-22(19)27)17-25-26-23(28)24(29,20-10-5-3-6-11-20)21-12-7-4-8-13-21/h2-8,10-17,27,29H,1,9H2,(H,26,28)/b25-17+. The van der Waals surface area contributed by atoms with Crippen molar-refractivity contribution in [3.8, 4) is 5.75 Å². The van der Waals surface area contributed by atoms with E-state index in [-0.39, 0.29) is 5.75 Å². The van der Waals surface area contributed by atoms with Gasteiger partial charge in [0.05, 0.1) is 6.21 Å². The van der Waals surface area contributed by atoms with Gasteiger partial charge in [0.1, 0.15) is 5.75 Å². The fourth-order valence-corrected chi connectivity index (χ4v) is 3.04. The highest BCUT2D eigenvalue weighted by molar-refractivity contribution is 5.91. The first-order valence-electron chi connectivity index (χ1n) is 9.15. The van der Waals surface area contributed by atoms with Gasteiger partial charge in [-0.2, -0.15) is 5.10 Å². The van der Waals surface area contributed by atoms with Crippen molar-refractivity contribution < 1.29 is 15.0 Å². The number of hydrazone groups is 1. The Morgan fingerprint density at radius 2 is 1.59 bits per heavy atom. The Bertz CT molecular complexity index is 975. The second kappa shape index (κ2) is 8.99. The number of carbonyl (C=O) groups is 1. The van der Waals surface area contributed by atoms with Crippen LogP contribution in [0.2, 0.25) is 0 Å². The lowest BCUT2D eigenvalue weighted by molar-refractivity contribution is -0.136. The van der Waals surface area contributed by atoms with Crippen molar-refractivity contribution in [2.24, 2.45) is 5.10 Å². The van der Waals surface area contributed by atoms with Gasteiger partial charge in [0, 0.05) is 0 Å². The van der Waals surface area contributed by atoms with E-state index in [0.717, 1.165) is 0 Å². The SMILES string of the molecule is C=CCc1cc(/C=N/NC(=O)C(O)(c2ccccc2)c2ccccc2)ccc1O. The van der Waals surface area contributed by atoms with Gasteiger partial charge in [-0.15, -0.1) is 6.58 Å². The van der Waals surface area contributed by atoms with Gasteiger partial charge in [0.2, 0.25) is 0 Å². The number of nitrogens with zero attached hydrogens (tertiary/aromatic N) is 1. The molecule has 0 fully saturated rings. The summed E-state index contributed by atoms with van der Waals surface area (Å²) in [4.78, 5) is 13.0. The Hall–Kier alpha value is -3.70. The lowest BCUT2D eigenvalue weighted by Gasteiger charge is -2.27. The van der Waals surface area contributed by atoms with Crippen LogP contribution in [0.4, 0.5) is 0 Å². The molecule has 3 N–H and O–H groups in total. The molecule has 29 heavy (non-hydrogen) atoms. The number of benzene rings is 3. The molecule has 5 nitrogen and oxygen atoms in total. The monoisotopic (exact) mass is 386 g/mol. The highest BCUT2D eigenvalue weighted by atomic mass is 16.3. The van der Waals surface area contributed by atoms with E-state index >= 15 is 0 Å². The summed E-state index contributed by atoms with van der Waals surface area (Å²) in [6.45, 7) is 3.67. The molecule has 0 heterocycles. The summed E-state index contributed by atoms with van der Waals surface area (Å²) in [5, 5.41) is 25.2. The minimum absolute atomic E-state index is 0.175. The quantitative estimate of drug-likeness (QED) is 0.330. The van der Waals surface area contributed by atoms with Crippen LogP contribution < -0.4 is 5.43 Å². The zero-order valence-corrected chi connectivity index (χ0v) is 15.8. The number of carbonyl (C=O) groups excluding carboxylic acids is 1. The average Bonchev–Trinajstić information content (AvgIpc) is 2.76. The molecule has 0 bridgehead atoms. The first-order chi connectivity index (χ1) is 14.1. The first-order valence-corrected chi connectivity index (χ1v) is 9.15. The minimum Gasteiger partial charge on any atom is -0.508 e. The number of allylic oxidation sites excluding steroid dienone is 1. The fourth-order valence-electron chi connectivity index (χ4n) is 3.04. The molecule has 5 heteroatoms. The highest BCUT2D eigenvalue weighted by Gasteiger charge is 2.39. The van der Waals surface area contributed by atoms with Gasteiger partial charge in [-0.1, -0.05) is 66.7 Å². The van der Waals surface area contributed by atoms with Gasteiger partial charge in [0.25, 0.3) is 5.91 Å². The maximum absolute atomic E-state index is 13.0. The lowest BCUT2D eigenvalue weighted by atomic mass is 9.85. The van der Waals surface area contributed by atoms with Crippen LogP contribution in [-0.4, -0.2) is 22.3 Å². The van der Waals surface area contributed by atoms with E-state index in [0.29, 0.717) is 28.7 Å². The summed E-state index contributed by atoms with van der Waals surface area (Å²) in [6, 6.07) is 22.4. The molecule has 0 unspecified atom stereocenters. The Kier molecular flexibility index (Phi) is 6.22. The summed E-state index contributed by atoms with van der Waals surface area (Å²) in [7, 11) is 0. The predicted octanol–water partition coefficient (Wildman–Crippen LogP) is 3.51. The number of nitrogens with one attached hydrogen (secondary N) is 1. The Morgan fingerprint density at radius 3 is 2.14 bits per heavy atom. The van der Waals surface area contributed by atoms with E-state index in [2.05, 4.69) is 17.1 Å². The Labute approximate surface area is 169 Å². The van der Waals surface area contributed by atoms with Crippen molar-refractivity contribution in [1.82, 2.24) is 5.43 Å². The van der Waals surface area contributed by atoms with E-state index in [1.807, 2.05) is 12.1 Å². The molecular formula is C24H22N2O3. The van der Waals surface area contributed by atoms with Crippen LogP contribution in [0.3, 0.4) is 0 Å². The molecule has 0 saturated carbocycles. The summed E-state index contributed by atoms with van der Waals surface area (Å²) in [6.07, 6.45) is 3.67. The Balaban J connectivity index is 1.86. The first kappa shape index (κ1) is 20.0. The topological polar surface area (TPSA) is 81.9 Å². The number of rotatable bonds is 7. The van der Waals surface area contributed by atoms with E-state index in [1.165, 1.54) is 6.21 Å². The number of amides is 1. The van der Waals surface area contributed by atoms with Crippen LogP contribution in [0.5, 0.6) is 5.75 Å². The minimum atomic E-state index is -1.89. The molecule has 0 aliphatic rings. The number of hydrogen-bond donors (Lipinski definition) is 3. The fraction of sp³-hybridized carbons (Fsp3) is 0.0833. The number of hydrogen-bond acceptors (Lipinski definition) is 4. The number of phenols is 1. The number of aromatic hydroxyl groups is 1. The van der Waals surface area contributed by atoms with E-state index in [9.17, 15) is 15.0 Å². The molecule has 3 aromatic carbocycles. The molecule has 146 valence electrons. The second-order valence-corrected chi connectivity index (χ2v) is 6.52. The maximum Gasteiger partial charge on any atom is 0.281 e. The van der Waals surface area contributed by atoms with Crippen LogP contribution in [0, 0.1) is 0 Å². The van der Waals surface area contributed by atoms with Crippen molar-refractivity contribution in [1.29, 1.82) is 0 Å². The maximum atomic E-state index is 13.0. The van der Waals surface area contributed by atoms with E-state index in [4.69, 9.17) is 0 Å². The predicted molar refractivity (Wildman–Crippen MR) is 114 cm³/mol. The van der Waals surface area contributed by atoms with Crippen molar-refractivity contribution in [3.05, 3.63) is 114 Å². The van der Waals surface area contributed by atoms with Gasteiger partial charge in [-0.25, -0.2) is 5.43 Å². The van der Waals surface area contributed by atoms with Gasteiger partial charge in [0.15, 0.2) is 5.60 Å². The molecule has 3 aromatic rings. The average molecular weight is 386 g/mol. The molecule has 0 aliphatic carbocycles. The third-order valence-corrected chi connectivity index (χ3v) is 4.56. The molecule has 1 amide bonds. The van der Waals surface area contributed by atoms with Crippen LogP contribution in [0.1, 0.15) is 22.3 Å². The van der Waals surface area contributed by atoms with Crippen LogP contribution in [0.25, 0.3) is 0 Å². The molecule has 3 rings (SSSR count). The summed E-state index contributed by atoms with van der Waals surface area (Å²) in [5.74, 6) is -0.496. The smallest absolute Gasteiger partial charge is 0.281 e. The largest absolute Gasteiger partial charge is 0.508 e. The van der Waals surface area contributed by atoms with Gasteiger partial charge in [-0.3, -0.25) is 4.79 Å². The summed E-state index contributed by atoms with van der Waals surface area (Å²) < 4.78 is 0. The van der Waals surface area contributed by atoms with Gasteiger partial charge >= 0.3 is 0 Å². The third-order valence-electron chi connectivity index (χ3n) is 4.56. The van der Waals surface area contributed by atoms with Crippen LogP contribution >= 0.6 is 0 Å². The molecule has 0 saturated heterocycles. The van der Waals surface area contributed by atoms with Crippen molar-refractivity contribution in [3.63, 3.8) is 0 Å². The Morgan fingerprint density at radius 1 is 1.00 bits per heavy atom. The number of aliphatic hydroxyl groups is 1. The van der Waals surface area contributed by atoms with Crippen LogP contribution in [0.15, 0.2) is 96.6 Å². The van der Waals surface area contributed by atoms with E-state index in [1.54, 1.807) is 72.8 Å².